The Balaban J connectivity index is 1.86. The smallest absolute Gasteiger partial charge is 0.236 e. The van der Waals surface area contributed by atoms with Gasteiger partial charge in [-0.1, -0.05) is 55.8 Å². The van der Waals surface area contributed by atoms with Crippen molar-refractivity contribution in [2.75, 3.05) is 5.32 Å². The zero-order valence-corrected chi connectivity index (χ0v) is 17.1. The summed E-state index contributed by atoms with van der Waals surface area (Å²) in [5, 5.41) is 3.60. The van der Waals surface area contributed by atoms with E-state index in [0.29, 0.717) is 5.92 Å². The van der Waals surface area contributed by atoms with Crippen molar-refractivity contribution in [1.82, 2.24) is 14.4 Å². The molecule has 2 aromatic carbocycles. The fourth-order valence-corrected chi connectivity index (χ4v) is 3.49. The van der Waals surface area contributed by atoms with Crippen molar-refractivity contribution >= 4 is 17.3 Å². The summed E-state index contributed by atoms with van der Waals surface area (Å²) in [5.74, 6) is 2.18. The number of benzene rings is 2. The highest BCUT2D eigenvalue weighted by molar-refractivity contribution is 5.79. The van der Waals surface area contributed by atoms with Gasteiger partial charge in [-0.3, -0.25) is 4.40 Å². The number of rotatable bonds is 4. The standard InChI is InChI=1S/C24H26N4/c1-15(2)19-10-12-21(13-11-19)26-23-22(20-8-6-16(3)7-9-20)27-24-25-17(4)14-18(5)28(23)24/h6-15,26H,1-5H3. The van der Waals surface area contributed by atoms with Crippen LogP contribution in [0.25, 0.3) is 17.0 Å². The average molecular weight is 371 g/mol. The number of nitrogens with one attached hydrogen (secondary N) is 1. The Morgan fingerprint density at radius 1 is 0.857 bits per heavy atom. The summed E-state index contributed by atoms with van der Waals surface area (Å²) in [4.78, 5) is 9.52. The Bertz CT molecular complexity index is 1120. The topological polar surface area (TPSA) is 42.2 Å². The third-order valence-corrected chi connectivity index (χ3v) is 5.07. The summed E-state index contributed by atoms with van der Waals surface area (Å²) in [6.07, 6.45) is 0. The minimum absolute atomic E-state index is 0.516. The molecule has 2 aromatic heterocycles. The van der Waals surface area contributed by atoms with Gasteiger partial charge in [-0.05, 0) is 50.5 Å². The molecule has 4 aromatic rings. The summed E-state index contributed by atoms with van der Waals surface area (Å²) in [6, 6.07) is 19.2. The minimum Gasteiger partial charge on any atom is -0.339 e. The predicted molar refractivity (Wildman–Crippen MR) is 116 cm³/mol. The summed E-state index contributed by atoms with van der Waals surface area (Å²) in [6.45, 7) is 10.6. The van der Waals surface area contributed by atoms with Crippen molar-refractivity contribution in [3.05, 3.63) is 77.1 Å². The number of imidazole rings is 1. The van der Waals surface area contributed by atoms with Gasteiger partial charge in [-0.15, -0.1) is 0 Å². The van der Waals surface area contributed by atoms with Crippen LogP contribution < -0.4 is 5.32 Å². The highest BCUT2D eigenvalue weighted by Gasteiger charge is 2.17. The molecule has 0 aliphatic heterocycles. The van der Waals surface area contributed by atoms with Crippen molar-refractivity contribution in [1.29, 1.82) is 0 Å². The molecule has 0 aliphatic carbocycles. The maximum absolute atomic E-state index is 4.87. The zero-order valence-electron chi connectivity index (χ0n) is 17.1. The first-order chi connectivity index (χ1) is 13.4. The summed E-state index contributed by atoms with van der Waals surface area (Å²) in [5.41, 5.74) is 7.67. The molecule has 0 radical (unpaired) electrons. The van der Waals surface area contributed by atoms with Gasteiger partial charge in [0.2, 0.25) is 5.78 Å². The van der Waals surface area contributed by atoms with E-state index in [2.05, 4.69) is 97.0 Å². The number of fused-ring (bicyclic) bond motifs is 1. The molecule has 0 unspecified atom stereocenters. The number of anilines is 2. The Hall–Kier alpha value is -3.14. The molecule has 142 valence electrons. The Morgan fingerprint density at radius 2 is 1.54 bits per heavy atom. The van der Waals surface area contributed by atoms with Crippen LogP contribution in [0.15, 0.2) is 54.6 Å². The first kappa shape index (κ1) is 18.2. The molecule has 4 nitrogen and oxygen atoms in total. The minimum atomic E-state index is 0.516. The molecule has 0 atom stereocenters. The van der Waals surface area contributed by atoms with Crippen molar-refractivity contribution in [2.45, 2.75) is 40.5 Å². The molecule has 2 heterocycles. The normalized spacial score (nSPS) is 11.4. The van der Waals surface area contributed by atoms with Crippen LogP contribution in [-0.4, -0.2) is 14.4 Å². The van der Waals surface area contributed by atoms with E-state index < -0.39 is 0 Å². The Morgan fingerprint density at radius 3 is 2.18 bits per heavy atom. The average Bonchev–Trinajstić information content (AvgIpc) is 3.01. The molecule has 0 saturated carbocycles. The van der Waals surface area contributed by atoms with Gasteiger partial charge in [0.1, 0.15) is 11.5 Å². The van der Waals surface area contributed by atoms with E-state index in [-0.39, 0.29) is 0 Å². The molecular formula is C24H26N4. The van der Waals surface area contributed by atoms with Crippen LogP contribution in [0.2, 0.25) is 0 Å². The van der Waals surface area contributed by atoms with Gasteiger partial charge < -0.3 is 5.32 Å². The third-order valence-electron chi connectivity index (χ3n) is 5.07. The molecule has 28 heavy (non-hydrogen) atoms. The van der Waals surface area contributed by atoms with Crippen molar-refractivity contribution < 1.29 is 0 Å². The first-order valence-corrected chi connectivity index (χ1v) is 9.73. The molecule has 4 heteroatoms. The first-order valence-electron chi connectivity index (χ1n) is 9.73. The monoisotopic (exact) mass is 370 g/mol. The van der Waals surface area contributed by atoms with Crippen molar-refractivity contribution in [3.63, 3.8) is 0 Å². The van der Waals surface area contributed by atoms with E-state index in [1.807, 2.05) is 6.92 Å². The molecule has 0 fully saturated rings. The molecule has 0 saturated heterocycles. The highest BCUT2D eigenvalue weighted by Crippen LogP contribution is 2.32. The van der Waals surface area contributed by atoms with Crippen LogP contribution in [0.3, 0.4) is 0 Å². The van der Waals surface area contributed by atoms with E-state index in [0.717, 1.165) is 39.9 Å². The lowest BCUT2D eigenvalue weighted by atomic mass is 10.0. The number of hydrogen-bond acceptors (Lipinski definition) is 3. The predicted octanol–water partition coefficient (Wildman–Crippen LogP) is 6.19. The van der Waals surface area contributed by atoms with E-state index in [4.69, 9.17) is 4.98 Å². The van der Waals surface area contributed by atoms with E-state index in [9.17, 15) is 0 Å². The maximum atomic E-state index is 4.87. The van der Waals surface area contributed by atoms with Gasteiger partial charge in [-0.25, -0.2) is 9.97 Å². The SMILES string of the molecule is Cc1ccc(-c2nc3nc(C)cc(C)n3c2Nc2ccc(C(C)C)cc2)cc1. The van der Waals surface area contributed by atoms with Crippen LogP contribution in [0.1, 0.15) is 42.3 Å². The van der Waals surface area contributed by atoms with Gasteiger partial charge in [0, 0.05) is 22.6 Å². The molecule has 1 N–H and O–H groups in total. The lowest BCUT2D eigenvalue weighted by Crippen LogP contribution is -2.02. The molecule has 0 spiro atoms. The number of aromatic nitrogens is 3. The Kier molecular flexibility index (Phi) is 4.63. The van der Waals surface area contributed by atoms with Crippen LogP contribution in [0.5, 0.6) is 0 Å². The van der Waals surface area contributed by atoms with E-state index in [1.54, 1.807) is 0 Å². The van der Waals surface area contributed by atoms with Gasteiger partial charge in [0.25, 0.3) is 0 Å². The van der Waals surface area contributed by atoms with Gasteiger partial charge in [-0.2, -0.15) is 0 Å². The number of nitrogens with zero attached hydrogens (tertiary/aromatic N) is 3. The van der Waals surface area contributed by atoms with E-state index >= 15 is 0 Å². The van der Waals surface area contributed by atoms with Crippen LogP contribution in [0, 0.1) is 20.8 Å². The number of hydrogen-bond donors (Lipinski definition) is 1. The molecule has 0 bridgehead atoms. The fraction of sp³-hybridized carbons (Fsp3) is 0.250. The van der Waals surface area contributed by atoms with E-state index in [1.165, 1.54) is 11.1 Å². The largest absolute Gasteiger partial charge is 0.339 e. The highest BCUT2D eigenvalue weighted by atomic mass is 15.2. The van der Waals surface area contributed by atoms with Crippen LogP contribution in [0.4, 0.5) is 11.5 Å². The Labute approximate surface area is 166 Å². The molecule has 4 rings (SSSR count). The summed E-state index contributed by atoms with van der Waals surface area (Å²) in [7, 11) is 0. The molecule has 0 aliphatic rings. The van der Waals surface area contributed by atoms with Gasteiger partial charge >= 0.3 is 0 Å². The second-order valence-electron chi connectivity index (χ2n) is 7.75. The third kappa shape index (κ3) is 3.38. The summed E-state index contributed by atoms with van der Waals surface area (Å²) >= 11 is 0. The van der Waals surface area contributed by atoms with Crippen molar-refractivity contribution in [3.8, 4) is 11.3 Å². The second-order valence-corrected chi connectivity index (χ2v) is 7.75. The maximum Gasteiger partial charge on any atom is 0.236 e. The van der Waals surface area contributed by atoms with Crippen LogP contribution in [-0.2, 0) is 0 Å². The number of aryl methyl sites for hydroxylation is 3. The second kappa shape index (κ2) is 7.12. The fourth-order valence-electron chi connectivity index (χ4n) is 3.49. The van der Waals surface area contributed by atoms with Gasteiger partial charge in [0.15, 0.2) is 0 Å². The van der Waals surface area contributed by atoms with Gasteiger partial charge in [0.05, 0.1) is 0 Å². The van der Waals surface area contributed by atoms with Crippen LogP contribution >= 0.6 is 0 Å². The van der Waals surface area contributed by atoms with Crippen molar-refractivity contribution in [2.24, 2.45) is 0 Å². The summed E-state index contributed by atoms with van der Waals surface area (Å²) < 4.78 is 2.10. The quantitative estimate of drug-likeness (QED) is 0.466. The molecular weight excluding hydrogens is 344 g/mol. The molecule has 0 amide bonds. The zero-order chi connectivity index (χ0) is 19.8. The lowest BCUT2D eigenvalue weighted by Gasteiger charge is -2.12. The lowest BCUT2D eigenvalue weighted by molar-refractivity contribution is 0.867.